The quantitative estimate of drug-likeness (QED) is 0.844. The molecule has 88 valence electrons. The lowest BCUT2D eigenvalue weighted by molar-refractivity contribution is 1.03. The molecule has 0 aliphatic heterocycles. The van der Waals surface area contributed by atoms with Crippen molar-refractivity contribution in [1.29, 1.82) is 0 Å². The summed E-state index contributed by atoms with van der Waals surface area (Å²) < 4.78 is 0. The number of aromatic nitrogens is 1. The maximum atomic E-state index is 5.75. The van der Waals surface area contributed by atoms with Gasteiger partial charge in [-0.25, -0.2) is 4.98 Å². The molecular weight excluding hydrogens is 210 g/mol. The molecule has 3 heteroatoms. The fourth-order valence-electron chi connectivity index (χ4n) is 1.78. The topological polar surface area (TPSA) is 50.9 Å². The summed E-state index contributed by atoms with van der Waals surface area (Å²) in [5.74, 6) is 0.884. The summed E-state index contributed by atoms with van der Waals surface area (Å²) in [5.41, 5.74) is 9.07. The molecule has 3 N–H and O–H groups in total. The van der Waals surface area contributed by atoms with E-state index in [1.54, 1.807) is 0 Å². The Morgan fingerprint density at radius 2 is 1.94 bits per heavy atom. The molecular formula is C14H17N3. The number of hydrogen-bond acceptors (Lipinski definition) is 3. The van der Waals surface area contributed by atoms with Gasteiger partial charge in [0.2, 0.25) is 0 Å². The SMILES string of the molecule is CCNc1ncc(-c2ccccc2)cc1CN. The lowest BCUT2D eigenvalue weighted by atomic mass is 10.1. The molecule has 1 aromatic heterocycles. The van der Waals surface area contributed by atoms with Crippen LogP contribution in [-0.4, -0.2) is 11.5 Å². The second-order valence-corrected chi connectivity index (χ2v) is 3.83. The van der Waals surface area contributed by atoms with Crippen LogP contribution in [0.25, 0.3) is 11.1 Å². The normalized spacial score (nSPS) is 10.2. The van der Waals surface area contributed by atoms with Gasteiger partial charge in [-0.05, 0) is 18.6 Å². The van der Waals surface area contributed by atoms with Crippen molar-refractivity contribution >= 4 is 5.82 Å². The maximum absolute atomic E-state index is 5.75. The van der Waals surface area contributed by atoms with Gasteiger partial charge in [0.25, 0.3) is 0 Å². The van der Waals surface area contributed by atoms with Gasteiger partial charge in [-0.2, -0.15) is 0 Å². The van der Waals surface area contributed by atoms with Crippen molar-refractivity contribution in [2.45, 2.75) is 13.5 Å². The van der Waals surface area contributed by atoms with Crippen molar-refractivity contribution in [3.63, 3.8) is 0 Å². The Morgan fingerprint density at radius 3 is 2.59 bits per heavy atom. The molecule has 0 saturated carbocycles. The van der Waals surface area contributed by atoms with E-state index in [2.05, 4.69) is 28.5 Å². The number of benzene rings is 1. The molecule has 17 heavy (non-hydrogen) atoms. The second kappa shape index (κ2) is 5.46. The van der Waals surface area contributed by atoms with Crippen LogP contribution in [0.2, 0.25) is 0 Å². The minimum atomic E-state index is 0.496. The molecule has 3 nitrogen and oxygen atoms in total. The largest absolute Gasteiger partial charge is 0.370 e. The highest BCUT2D eigenvalue weighted by Crippen LogP contribution is 2.22. The van der Waals surface area contributed by atoms with Crippen LogP contribution < -0.4 is 11.1 Å². The fraction of sp³-hybridized carbons (Fsp3) is 0.214. The minimum Gasteiger partial charge on any atom is -0.370 e. The second-order valence-electron chi connectivity index (χ2n) is 3.83. The van der Waals surface area contributed by atoms with Crippen molar-refractivity contribution in [2.75, 3.05) is 11.9 Å². The first-order chi connectivity index (χ1) is 8.35. The third kappa shape index (κ3) is 2.63. The van der Waals surface area contributed by atoms with Crippen LogP contribution in [0.15, 0.2) is 42.6 Å². The van der Waals surface area contributed by atoms with Crippen LogP contribution in [0, 0.1) is 0 Å². The van der Waals surface area contributed by atoms with Crippen LogP contribution in [0.3, 0.4) is 0 Å². The number of pyridine rings is 1. The molecule has 0 atom stereocenters. The fourth-order valence-corrected chi connectivity index (χ4v) is 1.78. The molecule has 0 radical (unpaired) electrons. The van der Waals surface area contributed by atoms with E-state index in [4.69, 9.17) is 5.73 Å². The molecule has 1 aromatic carbocycles. The van der Waals surface area contributed by atoms with Crippen molar-refractivity contribution in [2.24, 2.45) is 5.73 Å². The number of rotatable bonds is 4. The van der Waals surface area contributed by atoms with E-state index in [1.807, 2.05) is 31.3 Å². The summed E-state index contributed by atoms with van der Waals surface area (Å²) in [6.45, 7) is 3.40. The van der Waals surface area contributed by atoms with Crippen molar-refractivity contribution in [3.05, 3.63) is 48.2 Å². The highest BCUT2D eigenvalue weighted by atomic mass is 15.0. The van der Waals surface area contributed by atoms with E-state index in [0.29, 0.717) is 6.54 Å². The standard InChI is InChI=1S/C14H17N3/c1-2-16-14-12(9-15)8-13(10-17-14)11-6-4-3-5-7-11/h3-8,10H,2,9,15H2,1H3,(H,16,17). The molecule has 0 unspecified atom stereocenters. The summed E-state index contributed by atoms with van der Waals surface area (Å²) >= 11 is 0. The van der Waals surface area contributed by atoms with Crippen molar-refractivity contribution in [3.8, 4) is 11.1 Å². The van der Waals surface area contributed by atoms with Gasteiger partial charge in [0.05, 0.1) is 0 Å². The van der Waals surface area contributed by atoms with E-state index >= 15 is 0 Å². The third-order valence-electron chi connectivity index (χ3n) is 2.64. The summed E-state index contributed by atoms with van der Waals surface area (Å²) in [7, 11) is 0. The zero-order valence-corrected chi connectivity index (χ0v) is 9.98. The Morgan fingerprint density at radius 1 is 1.18 bits per heavy atom. The first-order valence-corrected chi connectivity index (χ1v) is 5.83. The van der Waals surface area contributed by atoms with Crippen molar-refractivity contribution < 1.29 is 0 Å². The number of anilines is 1. The molecule has 2 rings (SSSR count). The van der Waals surface area contributed by atoms with Gasteiger partial charge in [-0.1, -0.05) is 30.3 Å². The molecule has 0 fully saturated rings. The highest BCUT2D eigenvalue weighted by molar-refractivity contribution is 5.65. The first kappa shape index (κ1) is 11.6. The summed E-state index contributed by atoms with van der Waals surface area (Å²) in [4.78, 5) is 4.42. The van der Waals surface area contributed by atoms with Gasteiger partial charge >= 0.3 is 0 Å². The number of nitrogens with zero attached hydrogens (tertiary/aromatic N) is 1. The Hall–Kier alpha value is -1.87. The van der Waals surface area contributed by atoms with Gasteiger partial charge in [0.1, 0.15) is 5.82 Å². The molecule has 0 saturated heterocycles. The van der Waals surface area contributed by atoms with E-state index in [0.717, 1.165) is 29.1 Å². The van der Waals surface area contributed by atoms with Gasteiger partial charge in [0.15, 0.2) is 0 Å². The molecule has 0 bridgehead atoms. The van der Waals surface area contributed by atoms with Crippen LogP contribution in [0.4, 0.5) is 5.82 Å². The minimum absolute atomic E-state index is 0.496. The van der Waals surface area contributed by atoms with Crippen LogP contribution in [0.1, 0.15) is 12.5 Å². The maximum Gasteiger partial charge on any atom is 0.130 e. The molecule has 0 aliphatic carbocycles. The molecule has 0 amide bonds. The monoisotopic (exact) mass is 227 g/mol. The van der Waals surface area contributed by atoms with Gasteiger partial charge in [0, 0.05) is 30.4 Å². The lowest BCUT2D eigenvalue weighted by Crippen LogP contribution is -2.07. The van der Waals surface area contributed by atoms with Crippen LogP contribution in [0.5, 0.6) is 0 Å². The van der Waals surface area contributed by atoms with E-state index in [9.17, 15) is 0 Å². The van der Waals surface area contributed by atoms with Crippen LogP contribution in [-0.2, 0) is 6.54 Å². The predicted octanol–water partition coefficient (Wildman–Crippen LogP) is 2.64. The van der Waals surface area contributed by atoms with Gasteiger partial charge in [-0.3, -0.25) is 0 Å². The van der Waals surface area contributed by atoms with E-state index in [1.165, 1.54) is 0 Å². The van der Waals surface area contributed by atoms with E-state index < -0.39 is 0 Å². The summed E-state index contributed by atoms with van der Waals surface area (Å²) in [5, 5.41) is 3.21. The summed E-state index contributed by atoms with van der Waals surface area (Å²) in [6.07, 6.45) is 1.88. The number of hydrogen-bond donors (Lipinski definition) is 2. The smallest absolute Gasteiger partial charge is 0.130 e. The van der Waals surface area contributed by atoms with Crippen LogP contribution >= 0.6 is 0 Å². The molecule has 0 aliphatic rings. The first-order valence-electron chi connectivity index (χ1n) is 5.83. The van der Waals surface area contributed by atoms with E-state index in [-0.39, 0.29) is 0 Å². The summed E-state index contributed by atoms with van der Waals surface area (Å²) in [6, 6.07) is 12.3. The Bertz CT molecular complexity index is 480. The zero-order chi connectivity index (χ0) is 12.1. The number of nitrogens with two attached hydrogens (primary N) is 1. The average molecular weight is 227 g/mol. The third-order valence-corrected chi connectivity index (χ3v) is 2.64. The lowest BCUT2D eigenvalue weighted by Gasteiger charge is -2.10. The predicted molar refractivity (Wildman–Crippen MR) is 71.7 cm³/mol. The Balaban J connectivity index is 2.38. The zero-order valence-electron chi connectivity index (χ0n) is 9.98. The Kier molecular flexibility index (Phi) is 3.73. The van der Waals surface area contributed by atoms with Gasteiger partial charge < -0.3 is 11.1 Å². The average Bonchev–Trinajstić information content (AvgIpc) is 2.40. The molecule has 2 aromatic rings. The molecule has 0 spiro atoms. The Labute approximate surface area is 102 Å². The number of nitrogens with one attached hydrogen (secondary N) is 1. The van der Waals surface area contributed by atoms with Crippen molar-refractivity contribution in [1.82, 2.24) is 4.98 Å². The van der Waals surface area contributed by atoms with Gasteiger partial charge in [-0.15, -0.1) is 0 Å². The highest BCUT2D eigenvalue weighted by Gasteiger charge is 2.04. The molecule has 1 heterocycles.